The van der Waals surface area contributed by atoms with E-state index in [-0.39, 0.29) is 0 Å². The predicted molar refractivity (Wildman–Crippen MR) is 59.4 cm³/mol. The number of oxazole rings is 1. The average Bonchev–Trinajstić information content (AvgIpc) is 2.82. The molecule has 1 aromatic heterocycles. The van der Waals surface area contributed by atoms with Crippen molar-refractivity contribution < 1.29 is 4.42 Å². The molecule has 0 radical (unpaired) electrons. The molecular formula is C13H9NO. The molecule has 0 atom stereocenters. The van der Waals surface area contributed by atoms with Crippen molar-refractivity contribution in [2.24, 2.45) is 0 Å². The topological polar surface area (TPSA) is 26.0 Å². The lowest BCUT2D eigenvalue weighted by Gasteiger charge is -1.99. The average molecular weight is 195 g/mol. The van der Waals surface area contributed by atoms with Gasteiger partial charge in [0.25, 0.3) is 0 Å². The number of hydrogen-bond donors (Lipinski definition) is 0. The first-order valence-electron chi connectivity index (χ1n) is 4.82. The first kappa shape index (κ1) is 8.24. The number of nitrogens with zero attached hydrogens (tertiary/aromatic N) is 1. The van der Waals surface area contributed by atoms with Gasteiger partial charge in [-0.25, -0.2) is 4.98 Å². The van der Waals surface area contributed by atoms with Crippen molar-refractivity contribution in [3.8, 4) is 11.5 Å². The molecule has 0 amide bonds. The van der Waals surface area contributed by atoms with Crippen LogP contribution in [0, 0.1) is 0 Å². The Labute approximate surface area is 87.2 Å². The van der Waals surface area contributed by atoms with E-state index >= 15 is 0 Å². The maximum Gasteiger partial charge on any atom is 0.225 e. The van der Waals surface area contributed by atoms with E-state index in [1.165, 1.54) is 10.8 Å². The molecule has 0 unspecified atom stereocenters. The second kappa shape index (κ2) is 3.24. The van der Waals surface area contributed by atoms with E-state index < -0.39 is 0 Å². The maximum absolute atomic E-state index is 5.26. The van der Waals surface area contributed by atoms with Gasteiger partial charge in [-0.3, -0.25) is 0 Å². The van der Waals surface area contributed by atoms with Gasteiger partial charge >= 0.3 is 0 Å². The summed E-state index contributed by atoms with van der Waals surface area (Å²) in [4.78, 5) is 4.13. The summed E-state index contributed by atoms with van der Waals surface area (Å²) in [5.74, 6) is 0.667. The molecule has 0 aliphatic heterocycles. The molecule has 1 heterocycles. The molecule has 2 nitrogen and oxygen atoms in total. The van der Waals surface area contributed by atoms with Crippen LogP contribution >= 0.6 is 0 Å². The number of benzene rings is 2. The first-order valence-corrected chi connectivity index (χ1v) is 4.82. The molecule has 2 heteroatoms. The zero-order chi connectivity index (χ0) is 10.1. The minimum atomic E-state index is 0.667. The van der Waals surface area contributed by atoms with E-state index in [2.05, 4.69) is 29.2 Å². The lowest BCUT2D eigenvalue weighted by Crippen LogP contribution is -1.77. The minimum Gasteiger partial charge on any atom is -0.445 e. The Hall–Kier alpha value is -2.09. The fraction of sp³-hybridized carbons (Fsp3) is 0. The molecule has 0 saturated heterocycles. The zero-order valence-electron chi connectivity index (χ0n) is 8.05. The standard InChI is InChI=1S/C13H9NO/c1-2-4-11-9-12(6-5-10(11)3-1)13-14-7-8-15-13/h1-9H. The van der Waals surface area contributed by atoms with E-state index in [4.69, 9.17) is 4.42 Å². The number of hydrogen-bond acceptors (Lipinski definition) is 2. The summed E-state index contributed by atoms with van der Waals surface area (Å²) in [6.07, 6.45) is 3.25. The third-order valence-electron chi connectivity index (χ3n) is 2.43. The van der Waals surface area contributed by atoms with Crippen LogP contribution in [-0.2, 0) is 0 Å². The van der Waals surface area contributed by atoms with Crippen molar-refractivity contribution in [2.45, 2.75) is 0 Å². The molecule has 72 valence electrons. The SMILES string of the molecule is c1ccc2cc(-c3ncco3)ccc2c1. The largest absolute Gasteiger partial charge is 0.445 e. The molecule has 15 heavy (non-hydrogen) atoms. The number of aromatic nitrogens is 1. The van der Waals surface area contributed by atoms with Crippen molar-refractivity contribution in [3.05, 3.63) is 54.9 Å². The predicted octanol–water partition coefficient (Wildman–Crippen LogP) is 3.49. The van der Waals surface area contributed by atoms with Crippen molar-refractivity contribution >= 4 is 10.8 Å². The van der Waals surface area contributed by atoms with Crippen LogP contribution in [0.1, 0.15) is 0 Å². The monoisotopic (exact) mass is 195 g/mol. The molecule has 3 aromatic rings. The quantitative estimate of drug-likeness (QED) is 0.594. The van der Waals surface area contributed by atoms with Gasteiger partial charge in [0.2, 0.25) is 5.89 Å². The Morgan fingerprint density at radius 1 is 0.933 bits per heavy atom. The Balaban J connectivity index is 2.22. The molecule has 2 aromatic carbocycles. The summed E-state index contributed by atoms with van der Waals surface area (Å²) in [6.45, 7) is 0. The molecule has 0 aliphatic carbocycles. The normalized spacial score (nSPS) is 10.7. The van der Waals surface area contributed by atoms with Gasteiger partial charge in [-0.05, 0) is 22.9 Å². The molecule has 0 bridgehead atoms. The smallest absolute Gasteiger partial charge is 0.225 e. The van der Waals surface area contributed by atoms with Crippen LogP contribution < -0.4 is 0 Å². The van der Waals surface area contributed by atoms with Crippen molar-refractivity contribution in [1.29, 1.82) is 0 Å². The van der Waals surface area contributed by atoms with E-state index in [0.717, 1.165) is 5.56 Å². The number of fused-ring (bicyclic) bond motifs is 1. The zero-order valence-corrected chi connectivity index (χ0v) is 8.05. The summed E-state index contributed by atoms with van der Waals surface area (Å²) >= 11 is 0. The van der Waals surface area contributed by atoms with Crippen LogP contribution in [0.2, 0.25) is 0 Å². The Kier molecular flexibility index (Phi) is 1.78. The van der Waals surface area contributed by atoms with Crippen LogP contribution in [0.5, 0.6) is 0 Å². The van der Waals surface area contributed by atoms with Gasteiger partial charge in [0.1, 0.15) is 6.26 Å². The highest BCUT2D eigenvalue weighted by molar-refractivity contribution is 5.86. The van der Waals surface area contributed by atoms with Crippen LogP contribution in [0.25, 0.3) is 22.2 Å². The van der Waals surface area contributed by atoms with Gasteiger partial charge in [-0.1, -0.05) is 30.3 Å². The summed E-state index contributed by atoms with van der Waals surface area (Å²) in [6, 6.07) is 14.4. The molecule has 0 N–H and O–H groups in total. The first-order chi connectivity index (χ1) is 7.43. The molecule has 3 rings (SSSR count). The summed E-state index contributed by atoms with van der Waals surface area (Å²) in [5.41, 5.74) is 1.01. The van der Waals surface area contributed by atoms with E-state index in [0.29, 0.717) is 5.89 Å². The molecule has 0 aliphatic rings. The van der Waals surface area contributed by atoms with Crippen LogP contribution in [-0.4, -0.2) is 4.98 Å². The van der Waals surface area contributed by atoms with Gasteiger partial charge in [0.05, 0.1) is 6.20 Å². The summed E-state index contributed by atoms with van der Waals surface area (Å²) in [7, 11) is 0. The van der Waals surface area contributed by atoms with E-state index in [1.807, 2.05) is 18.2 Å². The highest BCUT2D eigenvalue weighted by atomic mass is 16.3. The highest BCUT2D eigenvalue weighted by Gasteiger charge is 2.02. The molecular weight excluding hydrogens is 186 g/mol. The van der Waals surface area contributed by atoms with Gasteiger partial charge in [0, 0.05) is 5.56 Å². The molecule has 0 spiro atoms. The van der Waals surface area contributed by atoms with Gasteiger partial charge in [0.15, 0.2) is 0 Å². The van der Waals surface area contributed by atoms with Gasteiger partial charge in [-0.2, -0.15) is 0 Å². The number of rotatable bonds is 1. The van der Waals surface area contributed by atoms with Gasteiger partial charge in [-0.15, -0.1) is 0 Å². The summed E-state index contributed by atoms with van der Waals surface area (Å²) in [5, 5.41) is 2.43. The van der Waals surface area contributed by atoms with Crippen LogP contribution in [0.3, 0.4) is 0 Å². The molecule has 0 fully saturated rings. The fourth-order valence-corrected chi connectivity index (χ4v) is 1.69. The minimum absolute atomic E-state index is 0.667. The van der Waals surface area contributed by atoms with E-state index in [9.17, 15) is 0 Å². The van der Waals surface area contributed by atoms with Crippen LogP contribution in [0.15, 0.2) is 59.3 Å². The maximum atomic E-state index is 5.26. The second-order valence-electron chi connectivity index (χ2n) is 3.40. The van der Waals surface area contributed by atoms with Crippen molar-refractivity contribution in [1.82, 2.24) is 4.98 Å². The van der Waals surface area contributed by atoms with Gasteiger partial charge < -0.3 is 4.42 Å². The third-order valence-corrected chi connectivity index (χ3v) is 2.43. The lowest BCUT2D eigenvalue weighted by molar-refractivity contribution is 0.574. The Morgan fingerprint density at radius 3 is 2.60 bits per heavy atom. The Bertz CT molecular complexity index is 584. The van der Waals surface area contributed by atoms with Crippen LogP contribution in [0.4, 0.5) is 0 Å². The fourth-order valence-electron chi connectivity index (χ4n) is 1.69. The highest BCUT2D eigenvalue weighted by Crippen LogP contribution is 2.22. The van der Waals surface area contributed by atoms with E-state index in [1.54, 1.807) is 12.5 Å². The van der Waals surface area contributed by atoms with Crippen molar-refractivity contribution in [3.63, 3.8) is 0 Å². The lowest BCUT2D eigenvalue weighted by atomic mass is 10.1. The Morgan fingerprint density at radius 2 is 1.80 bits per heavy atom. The van der Waals surface area contributed by atoms with Crippen molar-refractivity contribution in [2.75, 3.05) is 0 Å². The second-order valence-corrected chi connectivity index (χ2v) is 3.40. The third kappa shape index (κ3) is 1.40. The summed E-state index contributed by atoms with van der Waals surface area (Å²) < 4.78 is 5.26. The molecule has 0 saturated carbocycles.